The van der Waals surface area contributed by atoms with E-state index in [0.29, 0.717) is 51.3 Å². The van der Waals surface area contributed by atoms with Gasteiger partial charge < -0.3 is 14.6 Å². The normalized spacial score (nSPS) is 11.3. The number of carboxylic acid groups (broad SMARTS) is 1. The molecule has 8 nitrogen and oxygen atoms in total. The zero-order chi connectivity index (χ0) is 24.0. The van der Waals surface area contributed by atoms with Crippen LogP contribution in [0.3, 0.4) is 0 Å². The lowest BCUT2D eigenvalue weighted by atomic mass is 10.2. The number of halogens is 2. The van der Waals surface area contributed by atoms with Crippen molar-refractivity contribution in [2.24, 2.45) is 5.10 Å². The Bertz CT molecular complexity index is 1260. The summed E-state index contributed by atoms with van der Waals surface area (Å²) in [5.74, 6) is 0.160. The van der Waals surface area contributed by atoms with Crippen molar-refractivity contribution in [2.45, 2.75) is 33.1 Å². The van der Waals surface area contributed by atoms with Gasteiger partial charge in [0.05, 0.1) is 23.7 Å². The second-order valence-electron chi connectivity index (χ2n) is 7.09. The minimum atomic E-state index is -1.09. The van der Waals surface area contributed by atoms with Crippen LogP contribution < -0.4 is 15.0 Å². The maximum Gasteiger partial charge on any atom is 0.341 e. The molecule has 0 unspecified atom stereocenters. The van der Waals surface area contributed by atoms with Gasteiger partial charge in [0.25, 0.3) is 5.56 Å². The fourth-order valence-corrected chi connectivity index (χ4v) is 3.89. The van der Waals surface area contributed by atoms with Gasteiger partial charge in [-0.2, -0.15) is 9.78 Å². The first-order valence-corrected chi connectivity index (χ1v) is 12.0. The molecule has 1 N–H and O–H groups in total. The number of carbonyl (C=O) groups is 1. The maximum atomic E-state index is 13.2. The minimum absolute atomic E-state index is 0.258. The Morgan fingerprint density at radius 3 is 2.64 bits per heavy atom. The zero-order valence-electron chi connectivity index (χ0n) is 18.2. The lowest BCUT2D eigenvalue weighted by molar-refractivity contribution is -0.139. The summed E-state index contributed by atoms with van der Waals surface area (Å²) in [5, 5.41) is 13.8. The van der Waals surface area contributed by atoms with E-state index in [1.54, 1.807) is 18.2 Å². The number of aliphatic carboxylic acids is 1. The van der Waals surface area contributed by atoms with E-state index < -0.39 is 12.6 Å². The molecule has 0 fully saturated rings. The van der Waals surface area contributed by atoms with Crippen molar-refractivity contribution in [2.75, 3.05) is 13.2 Å². The molecule has 0 bridgehead atoms. The molecule has 1 aromatic heterocycles. The van der Waals surface area contributed by atoms with E-state index in [1.165, 1.54) is 10.9 Å². The first kappa shape index (κ1) is 24.9. The molecular weight excluding hydrogens is 558 g/mol. The molecule has 1 heterocycles. The van der Waals surface area contributed by atoms with Crippen molar-refractivity contribution in [3.63, 3.8) is 0 Å². The number of carboxylic acids is 1. The van der Waals surface area contributed by atoms with Gasteiger partial charge in [0.15, 0.2) is 18.1 Å². The molecule has 0 aliphatic heterocycles. The maximum absolute atomic E-state index is 13.2. The molecule has 174 valence electrons. The van der Waals surface area contributed by atoms with E-state index >= 15 is 0 Å². The summed E-state index contributed by atoms with van der Waals surface area (Å²) >= 11 is 6.86. The minimum Gasteiger partial charge on any atom is -0.490 e. The molecule has 0 aliphatic carbocycles. The number of hydrogen-bond acceptors (Lipinski definition) is 6. The summed E-state index contributed by atoms with van der Waals surface area (Å²) in [6, 6.07) is 8.69. The highest BCUT2D eigenvalue weighted by Gasteiger charge is 2.14. The topological polar surface area (TPSA) is 103 Å². The Morgan fingerprint density at radius 2 is 1.94 bits per heavy atom. The highest BCUT2D eigenvalue weighted by Crippen LogP contribution is 2.33. The standard InChI is InChI=1S/C23H23Br2N3O5/c1-3-5-6-21-27-18-8-7-15(24)10-16(18)23(31)28(21)26-12-14-9-19(32-4-2)20(11-17(14)25)33-13-22(29)30/h7-12H,3-6,13H2,1-2H3,(H,29,30). The quantitative estimate of drug-likeness (QED) is 0.338. The van der Waals surface area contributed by atoms with Crippen molar-refractivity contribution in [3.8, 4) is 11.5 Å². The highest BCUT2D eigenvalue weighted by atomic mass is 79.9. The van der Waals surface area contributed by atoms with Gasteiger partial charge in [0, 0.05) is 20.9 Å². The van der Waals surface area contributed by atoms with E-state index in [2.05, 4.69) is 48.9 Å². The number of hydrogen-bond donors (Lipinski definition) is 1. The van der Waals surface area contributed by atoms with Crippen LogP contribution in [0.4, 0.5) is 0 Å². The van der Waals surface area contributed by atoms with Crippen molar-refractivity contribution in [3.05, 3.63) is 61.0 Å². The van der Waals surface area contributed by atoms with Crippen LogP contribution in [0.15, 0.2) is 49.2 Å². The first-order chi connectivity index (χ1) is 15.8. The molecule has 0 saturated carbocycles. The molecule has 10 heteroatoms. The Kier molecular flexibility index (Phi) is 8.62. The van der Waals surface area contributed by atoms with Crippen LogP contribution in [0.5, 0.6) is 11.5 Å². The van der Waals surface area contributed by atoms with Crippen LogP contribution in [-0.2, 0) is 11.2 Å². The van der Waals surface area contributed by atoms with Crippen molar-refractivity contribution in [1.82, 2.24) is 9.66 Å². The molecule has 0 spiro atoms. The van der Waals surface area contributed by atoms with Crippen LogP contribution in [0.2, 0.25) is 0 Å². The van der Waals surface area contributed by atoms with E-state index in [0.717, 1.165) is 17.3 Å². The Morgan fingerprint density at radius 1 is 1.18 bits per heavy atom. The predicted molar refractivity (Wildman–Crippen MR) is 134 cm³/mol. The van der Waals surface area contributed by atoms with Crippen LogP contribution in [-0.4, -0.2) is 40.2 Å². The van der Waals surface area contributed by atoms with Crippen LogP contribution >= 0.6 is 31.9 Å². The second kappa shape index (κ2) is 11.4. The number of benzene rings is 2. The zero-order valence-corrected chi connectivity index (χ0v) is 21.3. The molecule has 0 aliphatic rings. The summed E-state index contributed by atoms with van der Waals surface area (Å²) in [5.41, 5.74) is 0.996. The largest absolute Gasteiger partial charge is 0.490 e. The highest BCUT2D eigenvalue weighted by molar-refractivity contribution is 9.10. The van der Waals surface area contributed by atoms with Gasteiger partial charge >= 0.3 is 5.97 Å². The second-order valence-corrected chi connectivity index (χ2v) is 8.86. The van der Waals surface area contributed by atoms with Gasteiger partial charge in [-0.05, 0) is 59.6 Å². The van der Waals surface area contributed by atoms with Crippen molar-refractivity contribution >= 4 is 54.9 Å². The van der Waals surface area contributed by atoms with Gasteiger partial charge in [0.2, 0.25) is 0 Å². The number of unbranched alkanes of at least 4 members (excludes halogenated alkanes) is 1. The Balaban J connectivity index is 2.06. The van der Waals surface area contributed by atoms with Gasteiger partial charge in [-0.1, -0.05) is 29.3 Å². The number of nitrogens with zero attached hydrogens (tertiary/aromatic N) is 3. The number of rotatable bonds is 10. The summed E-state index contributed by atoms with van der Waals surface area (Å²) in [4.78, 5) is 28.8. The van der Waals surface area contributed by atoms with Crippen LogP contribution in [0.1, 0.15) is 38.1 Å². The SMILES string of the molecule is CCCCc1nc2ccc(Br)cc2c(=O)n1N=Cc1cc(OCC)c(OCC(=O)O)cc1Br. The third kappa shape index (κ3) is 6.20. The average molecular weight is 581 g/mol. The molecular formula is C23H23Br2N3O5. The number of ether oxygens (including phenoxy) is 2. The summed E-state index contributed by atoms with van der Waals surface area (Å²) in [7, 11) is 0. The first-order valence-electron chi connectivity index (χ1n) is 10.4. The fraction of sp³-hybridized carbons (Fsp3) is 0.304. The Hall–Kier alpha value is -2.72. The third-order valence-electron chi connectivity index (χ3n) is 4.66. The Labute approximate surface area is 207 Å². The van der Waals surface area contributed by atoms with Gasteiger partial charge in [-0.15, -0.1) is 0 Å². The van der Waals surface area contributed by atoms with Gasteiger partial charge in [-0.3, -0.25) is 4.79 Å². The predicted octanol–water partition coefficient (Wildman–Crippen LogP) is 5.01. The van der Waals surface area contributed by atoms with Crippen LogP contribution in [0, 0.1) is 0 Å². The number of aromatic nitrogens is 2. The van der Waals surface area contributed by atoms with Crippen molar-refractivity contribution < 1.29 is 19.4 Å². The van der Waals surface area contributed by atoms with Gasteiger partial charge in [0.1, 0.15) is 5.82 Å². The molecule has 3 rings (SSSR count). The molecule has 33 heavy (non-hydrogen) atoms. The summed E-state index contributed by atoms with van der Waals surface area (Å²) in [6.07, 6.45) is 3.98. The summed E-state index contributed by atoms with van der Waals surface area (Å²) < 4.78 is 13.6. The van der Waals surface area contributed by atoms with Crippen LogP contribution in [0.25, 0.3) is 10.9 Å². The molecule has 0 amide bonds. The lowest BCUT2D eigenvalue weighted by Gasteiger charge is -2.13. The molecule has 3 aromatic rings. The van der Waals surface area contributed by atoms with E-state index in [1.807, 2.05) is 19.1 Å². The fourth-order valence-electron chi connectivity index (χ4n) is 3.10. The number of aryl methyl sites for hydroxylation is 1. The van der Waals surface area contributed by atoms with E-state index in [9.17, 15) is 9.59 Å². The van der Waals surface area contributed by atoms with E-state index in [4.69, 9.17) is 14.6 Å². The lowest BCUT2D eigenvalue weighted by Crippen LogP contribution is -2.22. The van der Waals surface area contributed by atoms with Gasteiger partial charge in [-0.25, -0.2) is 9.78 Å². The smallest absolute Gasteiger partial charge is 0.341 e. The molecule has 0 radical (unpaired) electrons. The average Bonchev–Trinajstić information content (AvgIpc) is 2.78. The van der Waals surface area contributed by atoms with E-state index in [-0.39, 0.29) is 5.56 Å². The molecule has 0 atom stereocenters. The molecule has 2 aromatic carbocycles. The monoisotopic (exact) mass is 579 g/mol. The molecule has 0 saturated heterocycles. The number of fused-ring (bicyclic) bond motifs is 1. The summed E-state index contributed by atoms with van der Waals surface area (Å²) in [6.45, 7) is 3.76. The third-order valence-corrected chi connectivity index (χ3v) is 5.84. The van der Waals surface area contributed by atoms with Crippen molar-refractivity contribution in [1.29, 1.82) is 0 Å².